The molecular weight excluding hydrogens is 847 g/mol. The fraction of sp³-hybridized carbons (Fsp3) is 0.111. The van der Waals surface area contributed by atoms with E-state index in [2.05, 4.69) is 47.7 Å². The van der Waals surface area contributed by atoms with Crippen LogP contribution in [0.5, 0.6) is 23.0 Å². The van der Waals surface area contributed by atoms with Crippen molar-refractivity contribution in [3.05, 3.63) is 191 Å². The third-order valence-electron chi connectivity index (χ3n) is 12.7. The summed E-state index contributed by atoms with van der Waals surface area (Å²) in [7, 11) is 0. The van der Waals surface area contributed by atoms with Crippen molar-refractivity contribution in [2.24, 2.45) is 0 Å². The Bertz CT molecular complexity index is 3500. The summed E-state index contributed by atoms with van der Waals surface area (Å²) in [4.78, 5) is 56.4. The Hall–Kier alpha value is -8.68. The van der Waals surface area contributed by atoms with Crippen LogP contribution in [0.1, 0.15) is 78.9 Å². The molecule has 0 saturated carbocycles. The summed E-state index contributed by atoms with van der Waals surface area (Å²) >= 11 is 0. The predicted molar refractivity (Wildman–Crippen MR) is 251 cm³/mol. The van der Waals surface area contributed by atoms with Crippen LogP contribution in [0.3, 0.4) is 0 Å². The third-order valence-corrected chi connectivity index (χ3v) is 12.7. The number of aliphatic hydroxyl groups excluding tert-OH is 1. The Morgan fingerprint density at radius 2 is 1.09 bits per heavy atom. The van der Waals surface area contributed by atoms with Crippen LogP contribution in [0.4, 0.5) is 11.7 Å². The highest BCUT2D eigenvalue weighted by atomic mass is 16.5. The molecule has 0 fully saturated rings. The van der Waals surface area contributed by atoms with E-state index in [1.165, 1.54) is 17.0 Å². The number of aromatic nitrogens is 3. The molecule has 0 atom stereocenters. The summed E-state index contributed by atoms with van der Waals surface area (Å²) in [6, 6.07) is 45.5. The van der Waals surface area contributed by atoms with E-state index in [4.69, 9.17) is 13.9 Å². The monoisotopic (exact) mass is 885 g/mol. The number of fused-ring (bicyclic) bond motifs is 5. The molecule has 2 aliphatic rings. The van der Waals surface area contributed by atoms with Crippen molar-refractivity contribution in [3.63, 3.8) is 0 Å². The summed E-state index contributed by atoms with van der Waals surface area (Å²) in [6.07, 6.45) is 0. The highest BCUT2D eigenvalue weighted by Crippen LogP contribution is 2.39. The molecule has 7 aromatic carbocycles. The molecule has 13 heteroatoms. The maximum Gasteiger partial charge on any atom is 0.332 e. The second-order valence-electron chi connectivity index (χ2n) is 16.9. The van der Waals surface area contributed by atoms with Gasteiger partial charge < -0.3 is 23.6 Å². The molecule has 0 saturated heterocycles. The maximum atomic E-state index is 13.8. The van der Waals surface area contributed by atoms with Gasteiger partial charge in [0.2, 0.25) is 5.89 Å². The van der Waals surface area contributed by atoms with Gasteiger partial charge in [0.1, 0.15) is 23.0 Å². The van der Waals surface area contributed by atoms with Gasteiger partial charge in [0.25, 0.3) is 23.6 Å². The van der Waals surface area contributed by atoms with Crippen LogP contribution < -0.4 is 19.3 Å². The van der Waals surface area contributed by atoms with E-state index in [9.17, 15) is 24.3 Å². The normalized spacial score (nSPS) is 13.6. The number of ether oxygens (including phenoxy) is 2. The first-order valence-corrected chi connectivity index (χ1v) is 21.7. The Balaban J connectivity index is 0.750. The van der Waals surface area contributed by atoms with Gasteiger partial charge in [-0.25, -0.2) is 4.90 Å². The number of carbonyl (C=O) groups is 4. The largest absolute Gasteiger partial charge is 0.457 e. The molecule has 2 aromatic heterocycles. The van der Waals surface area contributed by atoms with Crippen molar-refractivity contribution in [1.82, 2.24) is 14.8 Å². The zero-order valence-corrected chi connectivity index (χ0v) is 36.4. The molecule has 4 amide bonds. The lowest BCUT2D eigenvalue weighted by atomic mass is 9.78. The van der Waals surface area contributed by atoms with Gasteiger partial charge in [0.05, 0.1) is 34.5 Å². The van der Waals surface area contributed by atoms with Gasteiger partial charge in [-0.1, -0.05) is 73.5 Å². The molecule has 0 spiro atoms. The van der Waals surface area contributed by atoms with Crippen molar-refractivity contribution < 1.29 is 38.2 Å². The predicted octanol–water partition coefficient (Wildman–Crippen LogP) is 10.9. The molecule has 0 unspecified atom stereocenters. The average Bonchev–Trinajstić information content (AvgIpc) is 4.09. The topological polar surface area (TPSA) is 157 Å². The van der Waals surface area contributed by atoms with Crippen molar-refractivity contribution >= 4 is 57.1 Å². The number of para-hydroxylation sites is 1. The van der Waals surface area contributed by atoms with Gasteiger partial charge in [-0.3, -0.25) is 19.2 Å². The molecule has 1 N–H and O–H groups in total. The smallest absolute Gasteiger partial charge is 0.332 e. The molecule has 2 aliphatic heterocycles. The molecular formula is C54H39N5O8. The lowest BCUT2D eigenvalue weighted by Gasteiger charge is -2.26. The van der Waals surface area contributed by atoms with E-state index in [1.54, 1.807) is 48.5 Å². The van der Waals surface area contributed by atoms with E-state index in [1.807, 2.05) is 78.9 Å². The standard InChI is InChI=1S/C54H39N5O8/c1-4-57-46-8-6-5-7-40(46)43-27-35(17-26-47(43)57)58-49(61)41-24-22-38(28-44(41)51(58)63)65-36-18-13-33(14-19-36)54(2,3)34-15-20-37(21-16-34)66-39-23-25-42-45(29-39)52(64)59(50(42)62)53-56-55-48(67-53)32-11-9-31(30-60)10-12-32/h5-29,60H,4,30H2,1-3H3. The van der Waals surface area contributed by atoms with Gasteiger partial charge in [-0.15, -0.1) is 5.10 Å². The van der Waals surface area contributed by atoms with Crippen LogP contribution in [-0.2, 0) is 18.6 Å². The van der Waals surface area contributed by atoms with Crippen LogP contribution in [-0.4, -0.2) is 43.5 Å². The first-order valence-electron chi connectivity index (χ1n) is 21.7. The van der Waals surface area contributed by atoms with Crippen molar-refractivity contribution in [2.75, 3.05) is 9.80 Å². The summed E-state index contributed by atoms with van der Waals surface area (Å²) in [5, 5.41) is 19.4. The number of rotatable bonds is 11. The number of aliphatic hydroxyl groups is 1. The second-order valence-corrected chi connectivity index (χ2v) is 16.9. The van der Waals surface area contributed by atoms with Gasteiger partial charge >= 0.3 is 6.01 Å². The third kappa shape index (κ3) is 6.82. The number of anilines is 2. The summed E-state index contributed by atoms with van der Waals surface area (Å²) in [6.45, 7) is 7.00. The number of carbonyl (C=O) groups excluding carboxylic acids is 4. The Kier molecular flexibility index (Phi) is 9.67. The van der Waals surface area contributed by atoms with Crippen molar-refractivity contribution in [3.8, 4) is 34.5 Å². The molecule has 67 heavy (non-hydrogen) atoms. The molecule has 0 aliphatic carbocycles. The van der Waals surface area contributed by atoms with Crippen molar-refractivity contribution in [1.29, 1.82) is 0 Å². The maximum absolute atomic E-state index is 13.8. The Morgan fingerprint density at radius 1 is 0.552 bits per heavy atom. The van der Waals surface area contributed by atoms with Gasteiger partial charge in [-0.2, -0.15) is 4.90 Å². The Morgan fingerprint density at radius 3 is 1.69 bits per heavy atom. The number of hydrogen-bond acceptors (Lipinski definition) is 10. The summed E-state index contributed by atoms with van der Waals surface area (Å²) in [5.74, 6) is 0.0510. The number of benzene rings is 7. The van der Waals surface area contributed by atoms with Crippen LogP contribution in [0.25, 0.3) is 33.3 Å². The van der Waals surface area contributed by atoms with E-state index >= 15 is 0 Å². The quantitative estimate of drug-likeness (QED) is 0.124. The summed E-state index contributed by atoms with van der Waals surface area (Å²) in [5.41, 5.74) is 6.51. The number of aryl methyl sites for hydroxylation is 1. The first kappa shape index (κ1) is 41.1. The van der Waals surface area contributed by atoms with Crippen LogP contribution in [0.15, 0.2) is 156 Å². The number of hydrogen-bond donors (Lipinski definition) is 1. The van der Waals surface area contributed by atoms with Gasteiger partial charge in [0.15, 0.2) is 0 Å². The Labute approximate surface area is 383 Å². The molecule has 4 heterocycles. The highest BCUT2D eigenvalue weighted by Gasteiger charge is 2.41. The van der Waals surface area contributed by atoms with E-state index in [0.29, 0.717) is 45.4 Å². The molecule has 11 rings (SSSR count). The molecule has 13 nitrogen and oxygen atoms in total. The highest BCUT2D eigenvalue weighted by molar-refractivity contribution is 6.35. The number of imide groups is 2. The lowest BCUT2D eigenvalue weighted by Crippen LogP contribution is -2.29. The molecule has 9 aromatic rings. The number of nitrogens with zero attached hydrogens (tertiary/aromatic N) is 5. The minimum Gasteiger partial charge on any atom is -0.457 e. The van der Waals surface area contributed by atoms with Gasteiger partial charge in [0, 0.05) is 39.3 Å². The zero-order chi connectivity index (χ0) is 46.1. The first-order chi connectivity index (χ1) is 32.5. The molecule has 328 valence electrons. The SMILES string of the molecule is CCn1c2ccccc2c2cc(N3C(=O)c4ccc(Oc5ccc(C(C)(C)c6ccc(Oc7ccc8c(c7)C(=O)N(c7nnc(-c9ccc(CO)cc9)o7)C8=O)cc6)cc5)cc4C3=O)ccc21. The fourth-order valence-electron chi connectivity index (χ4n) is 8.99. The van der Waals surface area contributed by atoms with E-state index in [-0.39, 0.29) is 41.1 Å². The number of amides is 4. The van der Waals surface area contributed by atoms with Gasteiger partial charge in [-0.05, 0) is 121 Å². The van der Waals surface area contributed by atoms with Crippen LogP contribution in [0.2, 0.25) is 0 Å². The van der Waals surface area contributed by atoms with Crippen LogP contribution >= 0.6 is 0 Å². The fourth-order valence-corrected chi connectivity index (χ4v) is 8.99. The molecule has 0 bridgehead atoms. The minimum atomic E-state index is -0.614. The molecule has 0 radical (unpaired) electrons. The van der Waals surface area contributed by atoms with Crippen LogP contribution in [0, 0.1) is 0 Å². The lowest BCUT2D eigenvalue weighted by molar-refractivity contribution is 0.0906. The van der Waals surface area contributed by atoms with E-state index in [0.717, 1.165) is 44.4 Å². The minimum absolute atomic E-state index is 0.114. The zero-order valence-electron chi connectivity index (χ0n) is 36.4. The summed E-state index contributed by atoms with van der Waals surface area (Å²) < 4.78 is 20.3. The van der Waals surface area contributed by atoms with Crippen molar-refractivity contribution in [2.45, 2.75) is 39.3 Å². The second kappa shape index (κ2) is 15.8. The van der Waals surface area contributed by atoms with E-state index < -0.39 is 23.1 Å². The average molecular weight is 886 g/mol.